The fourth-order valence-corrected chi connectivity index (χ4v) is 4.62. The molecule has 0 aromatic heterocycles. The summed E-state index contributed by atoms with van der Waals surface area (Å²) in [5.74, 6) is 0. The molecule has 1 fully saturated rings. The Balaban J connectivity index is 1.89. The number of sulfonamides is 1. The number of nitrogens with one attached hydrogen (secondary N) is 2. The molecular weight excluding hydrogens is 368 g/mol. The number of anilines is 1. The second-order valence-corrected chi connectivity index (χ2v) is 9.87. The van der Waals surface area contributed by atoms with E-state index < -0.39 is 27.8 Å². The van der Waals surface area contributed by atoms with E-state index >= 15 is 0 Å². The molecular formula is C19H30N2O5S. The van der Waals surface area contributed by atoms with Gasteiger partial charge in [-0.05, 0) is 57.7 Å². The third-order valence-corrected chi connectivity index (χ3v) is 6.23. The van der Waals surface area contributed by atoms with Crippen molar-refractivity contribution in [2.24, 2.45) is 0 Å². The quantitative estimate of drug-likeness (QED) is 0.653. The molecule has 0 aliphatic heterocycles. The van der Waals surface area contributed by atoms with Crippen LogP contribution in [0.5, 0.6) is 0 Å². The number of benzene rings is 1. The summed E-state index contributed by atoms with van der Waals surface area (Å²) in [6, 6.07) is 6.73. The number of aliphatic hydroxyl groups excluding tert-OH is 1. The molecule has 1 amide bonds. The number of ether oxygens (including phenoxy) is 1. The summed E-state index contributed by atoms with van der Waals surface area (Å²) in [7, 11) is -3.41. The predicted molar refractivity (Wildman–Crippen MR) is 105 cm³/mol. The van der Waals surface area contributed by atoms with Gasteiger partial charge in [-0.1, -0.05) is 25.0 Å². The van der Waals surface area contributed by atoms with Crippen molar-refractivity contribution in [2.45, 2.75) is 69.8 Å². The van der Waals surface area contributed by atoms with Crippen LogP contribution in [0.15, 0.2) is 24.3 Å². The van der Waals surface area contributed by atoms with Gasteiger partial charge >= 0.3 is 6.09 Å². The zero-order valence-corrected chi connectivity index (χ0v) is 17.0. The SMILES string of the molecule is CC(C)(C)OC(=O)NCCC(O)c1cccc(NS(=O)(=O)C2CCCC2)c1. The lowest BCUT2D eigenvalue weighted by Crippen LogP contribution is -2.33. The average molecular weight is 399 g/mol. The topological polar surface area (TPSA) is 105 Å². The number of hydrogen-bond acceptors (Lipinski definition) is 5. The molecule has 1 aliphatic rings. The first-order valence-corrected chi connectivity index (χ1v) is 10.9. The number of rotatable bonds is 7. The molecule has 0 saturated heterocycles. The van der Waals surface area contributed by atoms with E-state index in [1.807, 2.05) is 0 Å². The zero-order valence-electron chi connectivity index (χ0n) is 16.2. The van der Waals surface area contributed by atoms with Gasteiger partial charge in [0.25, 0.3) is 0 Å². The molecule has 27 heavy (non-hydrogen) atoms. The van der Waals surface area contributed by atoms with E-state index in [0.29, 0.717) is 24.1 Å². The van der Waals surface area contributed by atoms with Gasteiger partial charge in [-0.2, -0.15) is 0 Å². The van der Waals surface area contributed by atoms with Crippen LogP contribution in [0.3, 0.4) is 0 Å². The Labute approximate surface area is 161 Å². The molecule has 7 nitrogen and oxygen atoms in total. The maximum absolute atomic E-state index is 12.4. The molecule has 1 saturated carbocycles. The third-order valence-electron chi connectivity index (χ3n) is 4.36. The maximum Gasteiger partial charge on any atom is 0.407 e. The number of carbonyl (C=O) groups is 1. The van der Waals surface area contributed by atoms with Crippen molar-refractivity contribution in [1.82, 2.24) is 5.32 Å². The molecule has 1 aromatic rings. The predicted octanol–water partition coefficient (Wildman–Crippen LogP) is 3.32. The van der Waals surface area contributed by atoms with Gasteiger partial charge in [-0.25, -0.2) is 13.2 Å². The van der Waals surface area contributed by atoms with E-state index in [2.05, 4.69) is 10.0 Å². The van der Waals surface area contributed by atoms with Gasteiger partial charge in [0.15, 0.2) is 0 Å². The Hall–Kier alpha value is -1.80. The molecule has 8 heteroatoms. The van der Waals surface area contributed by atoms with Crippen LogP contribution < -0.4 is 10.0 Å². The van der Waals surface area contributed by atoms with Crippen LogP contribution in [0.2, 0.25) is 0 Å². The summed E-state index contributed by atoms with van der Waals surface area (Å²) >= 11 is 0. The van der Waals surface area contributed by atoms with Crippen molar-refractivity contribution in [3.8, 4) is 0 Å². The summed E-state index contributed by atoms with van der Waals surface area (Å²) in [6.45, 7) is 5.58. The fraction of sp³-hybridized carbons (Fsp3) is 0.632. The molecule has 3 N–H and O–H groups in total. The normalized spacial score (nSPS) is 16.7. The Kier molecular flexibility index (Phi) is 7.11. The average Bonchev–Trinajstić information content (AvgIpc) is 3.08. The van der Waals surface area contributed by atoms with Gasteiger partial charge in [0, 0.05) is 12.2 Å². The summed E-state index contributed by atoms with van der Waals surface area (Å²) in [5, 5.41) is 12.6. The van der Waals surface area contributed by atoms with E-state index in [9.17, 15) is 18.3 Å². The molecule has 1 unspecified atom stereocenters. The van der Waals surface area contributed by atoms with Crippen LogP contribution in [0.4, 0.5) is 10.5 Å². The van der Waals surface area contributed by atoms with Crippen LogP contribution in [-0.4, -0.2) is 37.0 Å². The van der Waals surface area contributed by atoms with Gasteiger partial charge in [0.05, 0.1) is 11.4 Å². The van der Waals surface area contributed by atoms with Gasteiger partial charge in [-0.15, -0.1) is 0 Å². The highest BCUT2D eigenvalue weighted by Crippen LogP contribution is 2.27. The molecule has 2 rings (SSSR count). The van der Waals surface area contributed by atoms with Crippen LogP contribution in [0.1, 0.15) is 64.5 Å². The smallest absolute Gasteiger partial charge is 0.407 e. The Bertz CT molecular complexity index is 737. The summed E-state index contributed by atoms with van der Waals surface area (Å²) in [4.78, 5) is 11.6. The fourth-order valence-electron chi connectivity index (χ4n) is 3.05. The highest BCUT2D eigenvalue weighted by molar-refractivity contribution is 7.93. The maximum atomic E-state index is 12.4. The van der Waals surface area contributed by atoms with Crippen LogP contribution in [-0.2, 0) is 14.8 Å². The number of amides is 1. The Morgan fingerprint density at radius 3 is 2.59 bits per heavy atom. The Morgan fingerprint density at radius 1 is 1.30 bits per heavy atom. The minimum absolute atomic E-state index is 0.244. The van der Waals surface area contributed by atoms with E-state index in [1.54, 1.807) is 45.0 Å². The first-order chi connectivity index (χ1) is 12.6. The molecule has 1 atom stereocenters. The number of alkyl carbamates (subject to hydrolysis) is 1. The Morgan fingerprint density at radius 2 is 1.96 bits per heavy atom. The van der Waals surface area contributed by atoms with Crippen molar-refractivity contribution in [1.29, 1.82) is 0 Å². The third kappa shape index (κ3) is 7.03. The molecule has 0 spiro atoms. The molecule has 152 valence electrons. The van der Waals surface area contributed by atoms with E-state index in [1.165, 1.54) is 0 Å². The van der Waals surface area contributed by atoms with E-state index in [4.69, 9.17) is 4.74 Å². The van der Waals surface area contributed by atoms with E-state index in [-0.39, 0.29) is 18.2 Å². The highest BCUT2D eigenvalue weighted by atomic mass is 32.2. The first-order valence-electron chi connectivity index (χ1n) is 9.33. The van der Waals surface area contributed by atoms with Crippen molar-refractivity contribution in [3.63, 3.8) is 0 Å². The monoisotopic (exact) mass is 398 g/mol. The van der Waals surface area contributed by atoms with Gasteiger partial charge < -0.3 is 15.2 Å². The summed E-state index contributed by atoms with van der Waals surface area (Å²) < 4.78 is 32.6. The van der Waals surface area contributed by atoms with Crippen molar-refractivity contribution in [2.75, 3.05) is 11.3 Å². The van der Waals surface area contributed by atoms with Gasteiger partial charge in [0.1, 0.15) is 5.60 Å². The van der Waals surface area contributed by atoms with Gasteiger partial charge in [-0.3, -0.25) is 4.72 Å². The molecule has 0 heterocycles. The lowest BCUT2D eigenvalue weighted by atomic mass is 10.1. The second kappa shape index (κ2) is 8.93. The molecule has 0 bridgehead atoms. The minimum Gasteiger partial charge on any atom is -0.444 e. The summed E-state index contributed by atoms with van der Waals surface area (Å²) in [6.07, 6.45) is 2.19. The molecule has 0 radical (unpaired) electrons. The van der Waals surface area contributed by atoms with Crippen LogP contribution in [0.25, 0.3) is 0 Å². The largest absolute Gasteiger partial charge is 0.444 e. The van der Waals surface area contributed by atoms with Crippen molar-refractivity contribution in [3.05, 3.63) is 29.8 Å². The minimum atomic E-state index is -3.41. The van der Waals surface area contributed by atoms with Crippen molar-refractivity contribution < 1.29 is 23.1 Å². The molecule has 1 aromatic carbocycles. The van der Waals surface area contributed by atoms with Gasteiger partial charge in [0.2, 0.25) is 10.0 Å². The van der Waals surface area contributed by atoms with E-state index in [0.717, 1.165) is 12.8 Å². The highest BCUT2D eigenvalue weighted by Gasteiger charge is 2.28. The number of carbonyl (C=O) groups excluding carboxylic acids is 1. The molecule has 1 aliphatic carbocycles. The van der Waals surface area contributed by atoms with Crippen molar-refractivity contribution >= 4 is 21.8 Å². The zero-order chi connectivity index (χ0) is 20.1. The lowest BCUT2D eigenvalue weighted by Gasteiger charge is -2.20. The second-order valence-electron chi connectivity index (χ2n) is 7.91. The van der Waals surface area contributed by atoms with Crippen LogP contribution >= 0.6 is 0 Å². The van der Waals surface area contributed by atoms with Crippen LogP contribution in [0, 0.1) is 0 Å². The number of hydrogen-bond donors (Lipinski definition) is 3. The number of aliphatic hydroxyl groups is 1. The lowest BCUT2D eigenvalue weighted by molar-refractivity contribution is 0.0518. The first kappa shape index (κ1) is 21.5. The standard InChI is InChI=1S/C19H30N2O5S/c1-19(2,3)26-18(23)20-12-11-17(22)14-7-6-8-15(13-14)21-27(24,25)16-9-4-5-10-16/h6-8,13,16-17,21-22H,4-5,9-12H2,1-3H3,(H,20,23). The summed E-state index contributed by atoms with van der Waals surface area (Å²) in [5.41, 5.74) is 0.458.